The van der Waals surface area contributed by atoms with Gasteiger partial charge in [0.15, 0.2) is 23.0 Å². The molecule has 0 amide bonds. The highest BCUT2D eigenvalue weighted by Gasteiger charge is 2.26. The van der Waals surface area contributed by atoms with E-state index in [9.17, 15) is 9.90 Å². The first-order valence-corrected chi connectivity index (χ1v) is 12.6. The van der Waals surface area contributed by atoms with Crippen molar-refractivity contribution in [1.29, 1.82) is 0 Å². The van der Waals surface area contributed by atoms with Crippen LogP contribution in [0.1, 0.15) is 48.6 Å². The Labute approximate surface area is 216 Å². The van der Waals surface area contributed by atoms with E-state index in [2.05, 4.69) is 16.9 Å². The van der Waals surface area contributed by atoms with Gasteiger partial charge in [-0.05, 0) is 63.7 Å². The SMILES string of the molecule is C=C/C(=C\C=C/C)CCCNc1cc2nc(C)c(CC(=O)O)c(-c3cc(F)c4c(c3C)CCCO4)n2n1. The summed E-state index contributed by atoms with van der Waals surface area (Å²) in [6, 6.07) is 3.26. The van der Waals surface area contributed by atoms with E-state index in [4.69, 9.17) is 9.84 Å². The predicted molar refractivity (Wildman–Crippen MR) is 144 cm³/mol. The topological polar surface area (TPSA) is 88.8 Å². The van der Waals surface area contributed by atoms with Crippen LogP contribution in [0.15, 0.2) is 48.6 Å². The Morgan fingerprint density at radius 2 is 2.16 bits per heavy atom. The Hall–Kier alpha value is -3.94. The molecule has 2 N–H and O–H groups in total. The number of aromatic nitrogens is 3. The molecule has 2 aromatic heterocycles. The lowest BCUT2D eigenvalue weighted by atomic mass is 9.91. The number of halogens is 1. The van der Waals surface area contributed by atoms with E-state index < -0.39 is 11.8 Å². The van der Waals surface area contributed by atoms with Crippen LogP contribution in [-0.4, -0.2) is 38.8 Å². The standard InChI is InChI=1S/C29H33FN4O3/c1-5-7-10-20(6-2)11-8-13-31-25-17-26-32-19(4)23(16-27(35)36)28(34(26)33-25)22-15-24(30)29-21(18(22)3)12-9-14-37-29/h5-7,10,15,17H,2,8-9,11-14,16H2,1,3-4H3,(H,31,33)(H,35,36)/b7-5-,20-10+. The second-order valence-corrected chi connectivity index (χ2v) is 9.19. The van der Waals surface area contributed by atoms with E-state index in [0.29, 0.717) is 59.3 Å². The molecule has 7 nitrogen and oxygen atoms in total. The van der Waals surface area contributed by atoms with E-state index in [1.807, 2.05) is 44.2 Å². The van der Waals surface area contributed by atoms with Gasteiger partial charge in [-0.3, -0.25) is 4.79 Å². The smallest absolute Gasteiger partial charge is 0.307 e. The molecule has 0 radical (unpaired) electrons. The molecule has 0 saturated heterocycles. The van der Waals surface area contributed by atoms with Gasteiger partial charge in [-0.1, -0.05) is 30.9 Å². The molecule has 0 unspecified atom stereocenters. The molecule has 0 saturated carbocycles. The summed E-state index contributed by atoms with van der Waals surface area (Å²) >= 11 is 0. The molecule has 1 aliphatic heterocycles. The monoisotopic (exact) mass is 504 g/mol. The molecule has 0 atom stereocenters. The second kappa shape index (κ2) is 11.4. The molecule has 4 rings (SSSR count). The summed E-state index contributed by atoms with van der Waals surface area (Å²) in [5, 5.41) is 17.7. The number of hydrogen-bond acceptors (Lipinski definition) is 5. The van der Waals surface area contributed by atoms with Crippen LogP contribution < -0.4 is 10.1 Å². The number of carbonyl (C=O) groups is 1. The van der Waals surface area contributed by atoms with Crippen LogP contribution in [0.4, 0.5) is 10.2 Å². The van der Waals surface area contributed by atoms with Crippen molar-refractivity contribution in [3.63, 3.8) is 0 Å². The molecule has 194 valence electrons. The highest BCUT2D eigenvalue weighted by atomic mass is 19.1. The molecule has 37 heavy (non-hydrogen) atoms. The largest absolute Gasteiger partial charge is 0.490 e. The molecule has 1 aliphatic rings. The van der Waals surface area contributed by atoms with Crippen molar-refractivity contribution < 1.29 is 19.0 Å². The van der Waals surface area contributed by atoms with Crippen molar-refractivity contribution in [2.75, 3.05) is 18.5 Å². The van der Waals surface area contributed by atoms with Gasteiger partial charge in [0.25, 0.3) is 0 Å². The zero-order valence-electron chi connectivity index (χ0n) is 21.6. The zero-order valence-corrected chi connectivity index (χ0v) is 21.6. The van der Waals surface area contributed by atoms with Gasteiger partial charge in [-0.2, -0.15) is 0 Å². The average molecular weight is 505 g/mol. The average Bonchev–Trinajstić information content (AvgIpc) is 3.28. The number of nitrogens with zero attached hydrogens (tertiary/aromatic N) is 3. The van der Waals surface area contributed by atoms with Crippen molar-refractivity contribution in [2.24, 2.45) is 0 Å². The number of fused-ring (bicyclic) bond motifs is 2. The first-order chi connectivity index (χ1) is 17.8. The third-order valence-electron chi connectivity index (χ3n) is 6.64. The molecule has 3 aromatic rings. The maximum Gasteiger partial charge on any atom is 0.307 e. The van der Waals surface area contributed by atoms with E-state index in [-0.39, 0.29) is 6.42 Å². The molecule has 3 heterocycles. The van der Waals surface area contributed by atoms with Crippen LogP contribution in [0.25, 0.3) is 16.9 Å². The van der Waals surface area contributed by atoms with E-state index >= 15 is 4.39 Å². The number of anilines is 1. The fourth-order valence-corrected chi connectivity index (χ4v) is 4.77. The lowest BCUT2D eigenvalue weighted by molar-refractivity contribution is -0.136. The number of nitrogens with one attached hydrogen (secondary N) is 1. The normalized spacial score (nSPS) is 13.6. The van der Waals surface area contributed by atoms with Crippen LogP contribution in [0, 0.1) is 19.7 Å². The first kappa shape index (κ1) is 26.1. The molecule has 0 bridgehead atoms. The number of aliphatic carboxylic acids is 1. The summed E-state index contributed by atoms with van der Waals surface area (Å²) in [6.07, 6.45) is 10.9. The van der Waals surface area contributed by atoms with Gasteiger partial charge in [0.05, 0.1) is 18.7 Å². The number of carboxylic acid groups (broad SMARTS) is 1. The summed E-state index contributed by atoms with van der Waals surface area (Å²) < 4.78 is 22.4. The van der Waals surface area contributed by atoms with Gasteiger partial charge in [0.2, 0.25) is 0 Å². The lowest BCUT2D eigenvalue weighted by Crippen LogP contribution is -2.14. The van der Waals surface area contributed by atoms with Gasteiger partial charge >= 0.3 is 5.97 Å². The fourth-order valence-electron chi connectivity index (χ4n) is 4.77. The van der Waals surface area contributed by atoms with Gasteiger partial charge in [-0.25, -0.2) is 13.9 Å². The Bertz CT molecular complexity index is 1400. The quantitative estimate of drug-likeness (QED) is 0.261. The summed E-state index contributed by atoms with van der Waals surface area (Å²) in [5.41, 5.74) is 5.65. The Kier molecular flexibility index (Phi) is 8.06. The van der Waals surface area contributed by atoms with Crippen molar-refractivity contribution in [3.05, 3.63) is 76.8 Å². The Morgan fingerprint density at radius 1 is 1.35 bits per heavy atom. The van der Waals surface area contributed by atoms with Crippen LogP contribution >= 0.6 is 0 Å². The number of hydrogen-bond donors (Lipinski definition) is 2. The molecule has 0 fully saturated rings. The third kappa shape index (κ3) is 5.58. The fraction of sp³-hybridized carbons (Fsp3) is 0.345. The minimum absolute atomic E-state index is 0.246. The van der Waals surface area contributed by atoms with Crippen molar-refractivity contribution in [2.45, 2.75) is 52.9 Å². The minimum Gasteiger partial charge on any atom is -0.490 e. The second-order valence-electron chi connectivity index (χ2n) is 9.19. The van der Waals surface area contributed by atoms with Gasteiger partial charge in [0.1, 0.15) is 0 Å². The van der Waals surface area contributed by atoms with Gasteiger partial charge in [0, 0.05) is 35.0 Å². The minimum atomic E-state index is -0.987. The number of benzene rings is 1. The number of allylic oxidation sites excluding steroid dienone is 5. The highest BCUT2D eigenvalue weighted by molar-refractivity contribution is 5.79. The number of aryl methyl sites for hydroxylation is 1. The van der Waals surface area contributed by atoms with Crippen molar-refractivity contribution >= 4 is 17.4 Å². The zero-order chi connectivity index (χ0) is 26.5. The maximum atomic E-state index is 15.2. The third-order valence-corrected chi connectivity index (χ3v) is 6.64. The van der Waals surface area contributed by atoms with Crippen molar-refractivity contribution in [3.8, 4) is 17.0 Å². The number of ether oxygens (including phenoxy) is 1. The summed E-state index contributed by atoms with van der Waals surface area (Å²) in [7, 11) is 0. The van der Waals surface area contributed by atoms with Crippen LogP contribution in [-0.2, 0) is 17.6 Å². The molecule has 0 aliphatic carbocycles. The molecule has 1 aromatic carbocycles. The summed E-state index contributed by atoms with van der Waals surface area (Å²) in [5.74, 6) is -0.523. The highest BCUT2D eigenvalue weighted by Crippen LogP contribution is 2.39. The predicted octanol–water partition coefficient (Wildman–Crippen LogP) is 5.98. The lowest BCUT2D eigenvalue weighted by Gasteiger charge is -2.23. The van der Waals surface area contributed by atoms with Gasteiger partial charge in [-0.15, -0.1) is 5.10 Å². The number of carboxylic acids is 1. The molecular formula is C29H33FN4O3. The molecule has 0 spiro atoms. The maximum absolute atomic E-state index is 15.2. The Morgan fingerprint density at radius 3 is 2.89 bits per heavy atom. The summed E-state index contributed by atoms with van der Waals surface area (Å²) in [4.78, 5) is 16.4. The summed E-state index contributed by atoms with van der Waals surface area (Å²) in [6.45, 7) is 10.7. The molecule has 8 heteroatoms. The van der Waals surface area contributed by atoms with E-state index in [0.717, 1.165) is 36.0 Å². The van der Waals surface area contributed by atoms with Crippen LogP contribution in [0.2, 0.25) is 0 Å². The van der Waals surface area contributed by atoms with Crippen molar-refractivity contribution in [1.82, 2.24) is 14.6 Å². The first-order valence-electron chi connectivity index (χ1n) is 12.6. The Balaban J connectivity index is 1.73. The van der Waals surface area contributed by atoms with E-state index in [1.54, 1.807) is 11.4 Å². The number of rotatable bonds is 10. The molecular weight excluding hydrogens is 471 g/mol. The van der Waals surface area contributed by atoms with Crippen LogP contribution in [0.3, 0.4) is 0 Å². The van der Waals surface area contributed by atoms with Crippen LogP contribution in [0.5, 0.6) is 5.75 Å². The van der Waals surface area contributed by atoms with E-state index in [1.165, 1.54) is 6.07 Å². The van der Waals surface area contributed by atoms with Gasteiger partial charge < -0.3 is 15.2 Å².